The molecule has 3 rings (SSSR count). The lowest BCUT2D eigenvalue weighted by Crippen LogP contribution is -2.52. The van der Waals surface area contributed by atoms with Crippen molar-refractivity contribution in [3.63, 3.8) is 0 Å². The number of benzene rings is 2. The maximum Gasteiger partial charge on any atom is 0.418 e. The lowest BCUT2D eigenvalue weighted by molar-refractivity contribution is -0.122. The molecule has 0 fully saturated rings. The number of hydrogen-bond donors (Lipinski definition) is 0. The van der Waals surface area contributed by atoms with E-state index in [-0.39, 0.29) is 12.3 Å². The lowest BCUT2D eigenvalue weighted by atomic mass is 10.0. The summed E-state index contributed by atoms with van der Waals surface area (Å²) >= 11 is 0. The van der Waals surface area contributed by atoms with Crippen LogP contribution in [0.25, 0.3) is 0 Å². The van der Waals surface area contributed by atoms with Gasteiger partial charge < -0.3 is 9.64 Å². The first-order valence-corrected chi connectivity index (χ1v) is 9.16. The van der Waals surface area contributed by atoms with Crippen molar-refractivity contribution < 1.29 is 19.1 Å². The van der Waals surface area contributed by atoms with Gasteiger partial charge in [-0.2, -0.15) is 0 Å². The summed E-state index contributed by atoms with van der Waals surface area (Å²) < 4.78 is 5.47. The fraction of sp³-hybridized carbons (Fsp3) is 0.318. The molecule has 0 saturated heterocycles. The summed E-state index contributed by atoms with van der Waals surface area (Å²) in [4.78, 5) is 41.9. The van der Waals surface area contributed by atoms with Crippen LogP contribution in [0.15, 0.2) is 54.6 Å². The minimum atomic E-state index is -0.998. The van der Waals surface area contributed by atoms with Crippen LogP contribution in [-0.4, -0.2) is 41.5 Å². The standard InChI is InChI=1S/C22H24N2O4/c1-22(2,3)28-21(27)24-18(14-15-10-6-5-7-11-15)20(26)23(4)17-13-9-8-12-16(17)19(24)25/h5-13,18H,14H2,1-4H3/t18-/m0/s1. The van der Waals surface area contributed by atoms with Gasteiger partial charge in [-0.3, -0.25) is 9.59 Å². The number of carbonyl (C=O) groups excluding carboxylic acids is 3. The van der Waals surface area contributed by atoms with Crippen molar-refractivity contribution in [2.45, 2.75) is 38.8 Å². The third-order valence-corrected chi connectivity index (χ3v) is 4.50. The molecule has 0 N–H and O–H groups in total. The monoisotopic (exact) mass is 380 g/mol. The molecule has 0 bridgehead atoms. The molecule has 0 radical (unpaired) electrons. The molecular weight excluding hydrogens is 356 g/mol. The second-order valence-corrected chi connectivity index (χ2v) is 7.78. The van der Waals surface area contributed by atoms with Crippen LogP contribution >= 0.6 is 0 Å². The predicted molar refractivity (Wildman–Crippen MR) is 106 cm³/mol. The number of amides is 3. The molecule has 0 unspecified atom stereocenters. The van der Waals surface area contributed by atoms with E-state index in [2.05, 4.69) is 0 Å². The van der Waals surface area contributed by atoms with E-state index in [9.17, 15) is 14.4 Å². The molecule has 3 amide bonds. The molecule has 6 heteroatoms. The van der Waals surface area contributed by atoms with E-state index in [0.29, 0.717) is 11.3 Å². The first kappa shape index (κ1) is 19.6. The van der Waals surface area contributed by atoms with E-state index in [1.165, 1.54) is 4.90 Å². The van der Waals surface area contributed by atoms with Gasteiger partial charge in [-0.1, -0.05) is 42.5 Å². The van der Waals surface area contributed by atoms with Crippen molar-refractivity contribution in [1.82, 2.24) is 4.90 Å². The van der Waals surface area contributed by atoms with E-state index >= 15 is 0 Å². The Hall–Kier alpha value is -3.15. The Morgan fingerprint density at radius 3 is 2.25 bits per heavy atom. The van der Waals surface area contributed by atoms with Crippen molar-refractivity contribution >= 4 is 23.6 Å². The maximum absolute atomic E-state index is 13.3. The van der Waals surface area contributed by atoms with Crippen LogP contribution in [0, 0.1) is 0 Å². The van der Waals surface area contributed by atoms with Crippen molar-refractivity contribution in [1.29, 1.82) is 0 Å². The number of hydrogen-bond acceptors (Lipinski definition) is 4. The van der Waals surface area contributed by atoms with Crippen LogP contribution in [-0.2, 0) is 16.0 Å². The molecule has 2 aromatic carbocycles. The van der Waals surface area contributed by atoms with Crippen LogP contribution in [0.4, 0.5) is 10.5 Å². The second kappa shape index (κ2) is 7.46. The lowest BCUT2D eigenvalue weighted by Gasteiger charge is -2.30. The first-order valence-electron chi connectivity index (χ1n) is 9.16. The van der Waals surface area contributed by atoms with Gasteiger partial charge in [0, 0.05) is 13.5 Å². The third-order valence-electron chi connectivity index (χ3n) is 4.50. The van der Waals surface area contributed by atoms with E-state index in [4.69, 9.17) is 4.74 Å². The average Bonchev–Trinajstić information content (AvgIpc) is 2.72. The van der Waals surface area contributed by atoms with Gasteiger partial charge in [0.1, 0.15) is 11.6 Å². The highest BCUT2D eigenvalue weighted by Crippen LogP contribution is 2.29. The Labute approximate surface area is 164 Å². The summed E-state index contributed by atoms with van der Waals surface area (Å²) in [5, 5.41) is 0. The van der Waals surface area contributed by atoms with Crippen LogP contribution in [0.2, 0.25) is 0 Å². The third kappa shape index (κ3) is 3.91. The molecule has 0 spiro atoms. The topological polar surface area (TPSA) is 66.9 Å². The number of likely N-dealkylation sites (N-methyl/N-ethyl adjacent to an activating group) is 1. The quantitative estimate of drug-likeness (QED) is 0.798. The maximum atomic E-state index is 13.3. The number of nitrogens with zero attached hydrogens (tertiary/aromatic N) is 2. The van der Waals surface area contributed by atoms with Gasteiger partial charge in [0.25, 0.3) is 11.8 Å². The number of anilines is 1. The fourth-order valence-electron chi connectivity index (χ4n) is 3.21. The molecule has 6 nitrogen and oxygen atoms in total. The van der Waals surface area contributed by atoms with Crippen molar-refractivity contribution in [3.05, 3.63) is 65.7 Å². The van der Waals surface area contributed by atoms with Gasteiger partial charge in [0.05, 0.1) is 11.3 Å². The molecule has 1 heterocycles. The van der Waals surface area contributed by atoms with Crippen molar-refractivity contribution in [2.24, 2.45) is 0 Å². The number of ether oxygens (including phenoxy) is 1. The molecule has 1 aliphatic heterocycles. The summed E-state index contributed by atoms with van der Waals surface area (Å²) in [5.41, 5.74) is 0.818. The Kier molecular flexibility index (Phi) is 5.23. The Balaban J connectivity index is 2.09. The number of para-hydroxylation sites is 1. The molecule has 0 saturated carbocycles. The number of imide groups is 1. The first-order chi connectivity index (χ1) is 13.2. The Morgan fingerprint density at radius 2 is 1.61 bits per heavy atom. The number of fused-ring (bicyclic) bond motifs is 1. The Bertz CT molecular complexity index is 902. The Morgan fingerprint density at radius 1 is 1.00 bits per heavy atom. The van der Waals surface area contributed by atoms with E-state index < -0.39 is 23.6 Å². The zero-order valence-corrected chi connectivity index (χ0v) is 16.5. The molecular formula is C22H24N2O4. The molecule has 28 heavy (non-hydrogen) atoms. The molecule has 0 aromatic heterocycles. The van der Waals surface area contributed by atoms with Crippen LogP contribution < -0.4 is 4.90 Å². The summed E-state index contributed by atoms with van der Waals surface area (Å²) in [6.07, 6.45) is -0.611. The van der Waals surface area contributed by atoms with Crippen molar-refractivity contribution in [2.75, 3.05) is 11.9 Å². The van der Waals surface area contributed by atoms with Gasteiger partial charge in [-0.25, -0.2) is 9.69 Å². The normalized spacial score (nSPS) is 17.2. The number of carbonyl (C=O) groups is 3. The second-order valence-electron chi connectivity index (χ2n) is 7.78. The molecule has 1 aliphatic rings. The van der Waals surface area contributed by atoms with Crippen molar-refractivity contribution in [3.8, 4) is 0 Å². The average molecular weight is 380 g/mol. The fourth-order valence-corrected chi connectivity index (χ4v) is 3.21. The highest BCUT2D eigenvalue weighted by molar-refractivity contribution is 6.15. The predicted octanol–water partition coefficient (Wildman–Crippen LogP) is 3.65. The highest BCUT2D eigenvalue weighted by Gasteiger charge is 2.43. The van der Waals surface area contributed by atoms with Gasteiger partial charge in [0.2, 0.25) is 0 Å². The SMILES string of the molecule is CN1C(=O)[C@H](Cc2ccccc2)N(C(=O)OC(C)(C)C)C(=O)c2ccccc21. The van der Waals surface area contributed by atoms with Gasteiger partial charge in [-0.05, 0) is 38.5 Å². The highest BCUT2D eigenvalue weighted by atomic mass is 16.6. The minimum Gasteiger partial charge on any atom is -0.443 e. The van der Waals surface area contributed by atoms with Crippen LogP contribution in [0.5, 0.6) is 0 Å². The summed E-state index contributed by atoms with van der Waals surface area (Å²) in [7, 11) is 1.62. The minimum absolute atomic E-state index is 0.211. The number of rotatable bonds is 2. The van der Waals surface area contributed by atoms with Crippen LogP contribution in [0.1, 0.15) is 36.7 Å². The summed E-state index contributed by atoms with van der Waals surface area (Å²) in [5.74, 6) is -0.878. The molecule has 2 aromatic rings. The molecule has 146 valence electrons. The molecule has 0 aliphatic carbocycles. The zero-order valence-electron chi connectivity index (χ0n) is 16.5. The smallest absolute Gasteiger partial charge is 0.418 e. The van der Waals surface area contributed by atoms with Gasteiger partial charge >= 0.3 is 6.09 Å². The van der Waals surface area contributed by atoms with E-state index in [1.807, 2.05) is 30.3 Å². The van der Waals surface area contributed by atoms with E-state index in [0.717, 1.165) is 10.5 Å². The zero-order chi connectivity index (χ0) is 20.5. The summed E-state index contributed by atoms with van der Waals surface area (Å²) in [6, 6.07) is 15.1. The van der Waals surface area contributed by atoms with E-state index in [1.54, 1.807) is 52.1 Å². The molecule has 1 atom stereocenters. The van der Waals surface area contributed by atoms with Gasteiger partial charge in [0.15, 0.2) is 0 Å². The van der Waals surface area contributed by atoms with Gasteiger partial charge in [-0.15, -0.1) is 0 Å². The van der Waals surface area contributed by atoms with Crippen LogP contribution in [0.3, 0.4) is 0 Å². The largest absolute Gasteiger partial charge is 0.443 e. The summed E-state index contributed by atoms with van der Waals surface area (Å²) in [6.45, 7) is 5.17.